The summed E-state index contributed by atoms with van der Waals surface area (Å²) in [7, 11) is 1.67. The van der Waals surface area contributed by atoms with Crippen LogP contribution in [0, 0.1) is 0 Å². The van der Waals surface area contributed by atoms with Crippen LogP contribution in [0.4, 0.5) is 17.3 Å². The minimum atomic E-state index is 0.722. The molecule has 0 saturated heterocycles. The Labute approximate surface area is 163 Å². The van der Waals surface area contributed by atoms with E-state index in [0.29, 0.717) is 0 Å². The molecule has 4 aromatic rings. The molecule has 2 N–H and O–H groups in total. The van der Waals surface area contributed by atoms with Crippen LogP contribution in [0.1, 0.15) is 5.56 Å². The van der Waals surface area contributed by atoms with Gasteiger partial charge in [-0.2, -0.15) is 0 Å². The van der Waals surface area contributed by atoms with E-state index in [1.807, 2.05) is 48.5 Å². The van der Waals surface area contributed by atoms with Crippen molar-refractivity contribution in [2.45, 2.75) is 6.42 Å². The molecular formula is C22H21N5O. The first-order valence-electron chi connectivity index (χ1n) is 9.11. The predicted molar refractivity (Wildman–Crippen MR) is 112 cm³/mol. The first-order valence-corrected chi connectivity index (χ1v) is 9.11. The zero-order valence-corrected chi connectivity index (χ0v) is 15.6. The maximum Gasteiger partial charge on any atom is 0.135 e. The van der Waals surface area contributed by atoms with E-state index in [9.17, 15) is 0 Å². The number of ether oxygens (including phenoxy) is 1. The molecule has 2 heterocycles. The topological polar surface area (TPSA) is 72.0 Å². The summed E-state index contributed by atoms with van der Waals surface area (Å²) < 4.78 is 5.19. The molecule has 0 aliphatic rings. The molecule has 4 rings (SSSR count). The molecule has 0 amide bonds. The Kier molecular flexibility index (Phi) is 5.29. The van der Waals surface area contributed by atoms with Crippen molar-refractivity contribution in [3.8, 4) is 5.75 Å². The number of hydrogen-bond acceptors (Lipinski definition) is 6. The standard InChI is InChI=1S/C22H21N5O/c1-28-18-9-7-16(8-10-18)11-13-23-20-14-21(26-15-25-20)27-19-6-2-4-17-5-3-12-24-22(17)19/h2-10,12,14-15H,11,13H2,1H3,(H2,23,25,26,27). The Morgan fingerprint density at radius 1 is 0.893 bits per heavy atom. The number of nitrogens with zero attached hydrogens (tertiary/aromatic N) is 3. The number of methoxy groups -OCH3 is 1. The highest BCUT2D eigenvalue weighted by atomic mass is 16.5. The minimum Gasteiger partial charge on any atom is -0.497 e. The summed E-state index contributed by atoms with van der Waals surface area (Å²) in [6.45, 7) is 0.776. The number of pyridine rings is 1. The van der Waals surface area contributed by atoms with Crippen LogP contribution in [0.3, 0.4) is 0 Å². The van der Waals surface area contributed by atoms with Crippen LogP contribution in [0.2, 0.25) is 0 Å². The van der Waals surface area contributed by atoms with E-state index in [0.717, 1.165) is 46.9 Å². The molecule has 6 nitrogen and oxygen atoms in total. The molecule has 0 atom stereocenters. The van der Waals surface area contributed by atoms with Gasteiger partial charge in [0, 0.05) is 24.2 Å². The van der Waals surface area contributed by atoms with E-state index in [-0.39, 0.29) is 0 Å². The van der Waals surface area contributed by atoms with Gasteiger partial charge >= 0.3 is 0 Å². The second-order valence-electron chi connectivity index (χ2n) is 6.32. The van der Waals surface area contributed by atoms with Crippen molar-refractivity contribution in [2.24, 2.45) is 0 Å². The summed E-state index contributed by atoms with van der Waals surface area (Å²) in [5.41, 5.74) is 3.07. The lowest BCUT2D eigenvalue weighted by molar-refractivity contribution is 0.414. The number of para-hydroxylation sites is 1. The Morgan fingerprint density at radius 3 is 2.57 bits per heavy atom. The van der Waals surface area contributed by atoms with Crippen LogP contribution < -0.4 is 15.4 Å². The van der Waals surface area contributed by atoms with E-state index < -0.39 is 0 Å². The fourth-order valence-corrected chi connectivity index (χ4v) is 2.99. The quantitative estimate of drug-likeness (QED) is 0.501. The third-order valence-electron chi connectivity index (χ3n) is 4.44. The number of hydrogen-bond donors (Lipinski definition) is 2. The molecule has 0 radical (unpaired) electrons. The van der Waals surface area contributed by atoms with Gasteiger partial charge in [0.2, 0.25) is 0 Å². The fourth-order valence-electron chi connectivity index (χ4n) is 2.99. The third kappa shape index (κ3) is 4.17. The molecule has 0 aliphatic heterocycles. The number of nitrogens with one attached hydrogen (secondary N) is 2. The lowest BCUT2D eigenvalue weighted by Gasteiger charge is -2.10. The van der Waals surface area contributed by atoms with Gasteiger partial charge in [0.25, 0.3) is 0 Å². The van der Waals surface area contributed by atoms with E-state index in [2.05, 4.69) is 37.7 Å². The normalized spacial score (nSPS) is 10.6. The summed E-state index contributed by atoms with van der Waals surface area (Å²) in [6.07, 6.45) is 4.24. The average Bonchev–Trinajstić information content (AvgIpc) is 2.75. The van der Waals surface area contributed by atoms with Gasteiger partial charge in [-0.05, 0) is 36.2 Å². The van der Waals surface area contributed by atoms with E-state index >= 15 is 0 Å². The van der Waals surface area contributed by atoms with E-state index in [4.69, 9.17) is 4.74 Å². The van der Waals surface area contributed by atoms with Crippen LogP contribution in [-0.4, -0.2) is 28.6 Å². The minimum absolute atomic E-state index is 0.722. The van der Waals surface area contributed by atoms with Crippen molar-refractivity contribution in [3.63, 3.8) is 0 Å². The van der Waals surface area contributed by atoms with Crippen LogP contribution in [0.25, 0.3) is 10.9 Å². The lowest BCUT2D eigenvalue weighted by Crippen LogP contribution is -2.07. The summed E-state index contributed by atoms with van der Waals surface area (Å²) in [6, 6.07) is 20.0. The smallest absolute Gasteiger partial charge is 0.135 e. The maximum absolute atomic E-state index is 5.19. The molecular weight excluding hydrogens is 350 g/mol. The first-order chi connectivity index (χ1) is 13.8. The van der Waals surface area contributed by atoms with Gasteiger partial charge in [-0.3, -0.25) is 4.98 Å². The predicted octanol–water partition coefficient (Wildman–Crippen LogP) is 4.43. The Bertz CT molecular complexity index is 1060. The third-order valence-corrected chi connectivity index (χ3v) is 4.44. The van der Waals surface area contributed by atoms with Gasteiger partial charge in [-0.15, -0.1) is 0 Å². The van der Waals surface area contributed by atoms with Crippen molar-refractivity contribution in [3.05, 3.63) is 78.8 Å². The summed E-state index contributed by atoms with van der Waals surface area (Å²) in [4.78, 5) is 13.1. The van der Waals surface area contributed by atoms with E-state index in [1.54, 1.807) is 19.6 Å². The van der Waals surface area contributed by atoms with Crippen molar-refractivity contribution < 1.29 is 4.74 Å². The molecule has 2 aromatic heterocycles. The molecule has 6 heteroatoms. The molecule has 0 saturated carbocycles. The highest BCUT2D eigenvalue weighted by Gasteiger charge is 2.04. The molecule has 0 bridgehead atoms. The Morgan fingerprint density at radius 2 is 1.71 bits per heavy atom. The number of rotatable bonds is 7. The number of aromatic nitrogens is 3. The van der Waals surface area contributed by atoms with Gasteiger partial charge in [-0.25, -0.2) is 9.97 Å². The summed E-state index contributed by atoms with van der Waals surface area (Å²) in [5.74, 6) is 2.37. The van der Waals surface area contributed by atoms with Crippen LogP contribution in [-0.2, 0) is 6.42 Å². The highest BCUT2D eigenvalue weighted by molar-refractivity contribution is 5.91. The monoisotopic (exact) mass is 371 g/mol. The molecule has 0 spiro atoms. The number of anilines is 3. The molecule has 2 aromatic carbocycles. The van der Waals surface area contributed by atoms with Crippen LogP contribution in [0.15, 0.2) is 73.2 Å². The van der Waals surface area contributed by atoms with Crippen molar-refractivity contribution in [1.82, 2.24) is 15.0 Å². The van der Waals surface area contributed by atoms with Crippen LogP contribution >= 0.6 is 0 Å². The number of benzene rings is 2. The second-order valence-corrected chi connectivity index (χ2v) is 6.32. The fraction of sp³-hybridized carbons (Fsp3) is 0.136. The second kappa shape index (κ2) is 8.35. The van der Waals surface area contributed by atoms with E-state index in [1.165, 1.54) is 5.56 Å². The van der Waals surface area contributed by atoms with Gasteiger partial charge < -0.3 is 15.4 Å². The Balaban J connectivity index is 1.41. The molecule has 0 aliphatic carbocycles. The maximum atomic E-state index is 5.19. The van der Waals surface area contributed by atoms with Gasteiger partial charge in [-0.1, -0.05) is 30.3 Å². The van der Waals surface area contributed by atoms with Gasteiger partial charge in [0.1, 0.15) is 23.7 Å². The lowest BCUT2D eigenvalue weighted by atomic mass is 10.1. The van der Waals surface area contributed by atoms with Crippen molar-refractivity contribution in [2.75, 3.05) is 24.3 Å². The SMILES string of the molecule is COc1ccc(CCNc2cc(Nc3cccc4cccnc34)ncn2)cc1. The Hall–Kier alpha value is -3.67. The summed E-state index contributed by atoms with van der Waals surface area (Å²) >= 11 is 0. The van der Waals surface area contributed by atoms with Gasteiger partial charge in [0.05, 0.1) is 18.3 Å². The molecule has 140 valence electrons. The highest BCUT2D eigenvalue weighted by Crippen LogP contribution is 2.24. The molecule has 0 fully saturated rings. The van der Waals surface area contributed by atoms with Crippen LogP contribution in [0.5, 0.6) is 5.75 Å². The van der Waals surface area contributed by atoms with Gasteiger partial charge in [0.15, 0.2) is 0 Å². The largest absolute Gasteiger partial charge is 0.497 e. The molecule has 0 unspecified atom stereocenters. The molecule has 28 heavy (non-hydrogen) atoms. The first kappa shape index (κ1) is 17.7. The zero-order chi connectivity index (χ0) is 19.2. The number of fused-ring (bicyclic) bond motifs is 1. The summed E-state index contributed by atoms with van der Waals surface area (Å²) in [5, 5.41) is 7.77. The van der Waals surface area contributed by atoms with Crippen molar-refractivity contribution in [1.29, 1.82) is 0 Å². The average molecular weight is 371 g/mol. The van der Waals surface area contributed by atoms with Crippen molar-refractivity contribution >= 4 is 28.2 Å². The zero-order valence-electron chi connectivity index (χ0n) is 15.6.